The molecule has 6 nitrogen and oxygen atoms in total. The number of aromatic amines is 1. The van der Waals surface area contributed by atoms with E-state index < -0.39 is 6.23 Å². The van der Waals surface area contributed by atoms with Crippen LogP contribution in [0.4, 0.5) is 5.82 Å². The van der Waals surface area contributed by atoms with Crippen molar-refractivity contribution in [2.75, 3.05) is 5.32 Å². The van der Waals surface area contributed by atoms with Gasteiger partial charge >= 0.3 is 0 Å². The van der Waals surface area contributed by atoms with Crippen molar-refractivity contribution < 1.29 is 9.84 Å². The van der Waals surface area contributed by atoms with Gasteiger partial charge in [0, 0.05) is 23.1 Å². The fourth-order valence-corrected chi connectivity index (χ4v) is 3.76. The van der Waals surface area contributed by atoms with Crippen LogP contribution in [-0.2, 0) is 0 Å². The number of aliphatic hydroxyl groups is 1. The van der Waals surface area contributed by atoms with E-state index in [0.29, 0.717) is 11.7 Å². The van der Waals surface area contributed by atoms with E-state index in [-0.39, 0.29) is 6.10 Å². The van der Waals surface area contributed by atoms with E-state index in [0.717, 1.165) is 40.8 Å². The number of anilines is 1. The number of nitrogens with one attached hydrogen (secondary N) is 2. The highest BCUT2D eigenvalue weighted by atomic mass is 16.5. The van der Waals surface area contributed by atoms with Crippen molar-refractivity contribution in [3.05, 3.63) is 36.5 Å². The Bertz CT molecular complexity index is 915. The quantitative estimate of drug-likeness (QED) is 0.566. The zero-order valence-electron chi connectivity index (χ0n) is 15.8. The van der Waals surface area contributed by atoms with Gasteiger partial charge in [0.15, 0.2) is 0 Å². The van der Waals surface area contributed by atoms with Gasteiger partial charge in [0.05, 0.1) is 11.6 Å². The summed E-state index contributed by atoms with van der Waals surface area (Å²) < 4.78 is 5.82. The second-order valence-corrected chi connectivity index (χ2v) is 7.51. The van der Waals surface area contributed by atoms with Crippen molar-refractivity contribution in [2.24, 2.45) is 5.92 Å². The van der Waals surface area contributed by atoms with Gasteiger partial charge in [0.2, 0.25) is 0 Å². The number of aliphatic hydroxyl groups excluding tert-OH is 1. The van der Waals surface area contributed by atoms with E-state index in [1.54, 1.807) is 6.20 Å². The summed E-state index contributed by atoms with van der Waals surface area (Å²) in [5.74, 6) is 1.79. The van der Waals surface area contributed by atoms with Crippen LogP contribution < -0.4 is 10.1 Å². The molecule has 3 N–H and O–H groups in total. The van der Waals surface area contributed by atoms with E-state index >= 15 is 0 Å². The minimum absolute atomic E-state index is 0.117. The molecule has 1 aromatic carbocycles. The Balaban J connectivity index is 1.61. The van der Waals surface area contributed by atoms with E-state index in [1.165, 1.54) is 12.8 Å². The molecule has 0 bridgehead atoms. The first-order valence-electron chi connectivity index (χ1n) is 9.66. The molecule has 1 aliphatic carbocycles. The average Bonchev–Trinajstić information content (AvgIpc) is 3.31. The first-order valence-corrected chi connectivity index (χ1v) is 9.66. The molecule has 1 saturated carbocycles. The van der Waals surface area contributed by atoms with Gasteiger partial charge in [-0.2, -0.15) is 5.10 Å². The molecule has 1 atom stereocenters. The predicted molar refractivity (Wildman–Crippen MR) is 107 cm³/mol. The minimum atomic E-state index is -0.558. The zero-order chi connectivity index (χ0) is 18.8. The van der Waals surface area contributed by atoms with Gasteiger partial charge in [-0.1, -0.05) is 12.8 Å². The molecule has 4 rings (SSSR count). The van der Waals surface area contributed by atoms with Crippen LogP contribution >= 0.6 is 0 Å². The maximum atomic E-state index is 10.4. The van der Waals surface area contributed by atoms with E-state index in [2.05, 4.69) is 20.5 Å². The molecular formula is C21H26N4O2. The van der Waals surface area contributed by atoms with Gasteiger partial charge in [-0.3, -0.25) is 5.10 Å². The van der Waals surface area contributed by atoms with E-state index in [4.69, 9.17) is 4.74 Å². The lowest BCUT2D eigenvalue weighted by Crippen LogP contribution is -2.27. The monoisotopic (exact) mass is 366 g/mol. The van der Waals surface area contributed by atoms with Crippen LogP contribution in [0.25, 0.3) is 22.2 Å². The Hall–Kier alpha value is -2.60. The van der Waals surface area contributed by atoms with Crippen LogP contribution in [0.15, 0.2) is 36.5 Å². The number of hydrogen-bond donors (Lipinski definition) is 3. The largest absolute Gasteiger partial charge is 0.491 e. The van der Waals surface area contributed by atoms with Crippen molar-refractivity contribution in [1.82, 2.24) is 15.2 Å². The summed E-state index contributed by atoms with van der Waals surface area (Å²) in [6, 6.07) is 9.80. The highest BCUT2D eigenvalue weighted by Crippen LogP contribution is 2.31. The van der Waals surface area contributed by atoms with Gasteiger partial charge in [0.1, 0.15) is 23.5 Å². The number of pyridine rings is 1. The van der Waals surface area contributed by atoms with Crippen molar-refractivity contribution in [3.8, 4) is 17.0 Å². The maximum absolute atomic E-state index is 10.4. The summed E-state index contributed by atoms with van der Waals surface area (Å²) in [5, 5.41) is 22.1. The third kappa shape index (κ3) is 3.90. The second kappa shape index (κ2) is 7.56. The number of nitrogens with zero attached hydrogens (tertiary/aromatic N) is 2. The topological polar surface area (TPSA) is 83.1 Å². The molecule has 1 aliphatic rings. The molecule has 3 aromatic rings. The standard InChI is InChI=1S/C21H26N4O2/c1-13(2)27-16-7-8-18-17(12-16)20(25-24-18)15-9-10-22-19(11-15)23-21(26)14-5-3-4-6-14/h7-14,21,26H,3-6H2,1-2H3,(H,22,23)(H,24,25). The van der Waals surface area contributed by atoms with E-state index in [1.807, 2.05) is 44.2 Å². The molecule has 2 aromatic heterocycles. The molecular weight excluding hydrogens is 340 g/mol. The SMILES string of the molecule is CC(C)Oc1ccc2[nH]nc(-c3ccnc(NC(O)C4CCCC4)c3)c2c1. The number of hydrogen-bond acceptors (Lipinski definition) is 5. The Morgan fingerprint density at radius 2 is 2.00 bits per heavy atom. The Kier molecular flexibility index (Phi) is 4.99. The van der Waals surface area contributed by atoms with Gasteiger partial charge in [-0.15, -0.1) is 0 Å². The predicted octanol–water partition coefficient (Wildman–Crippen LogP) is 4.33. The lowest BCUT2D eigenvalue weighted by atomic mass is 10.1. The van der Waals surface area contributed by atoms with Crippen LogP contribution in [0.3, 0.4) is 0 Å². The number of aromatic nitrogens is 3. The first kappa shape index (κ1) is 17.8. The number of H-pyrrole nitrogens is 1. The fourth-order valence-electron chi connectivity index (χ4n) is 3.76. The fraction of sp³-hybridized carbons (Fsp3) is 0.429. The third-order valence-corrected chi connectivity index (χ3v) is 5.08. The molecule has 0 aliphatic heterocycles. The maximum Gasteiger partial charge on any atom is 0.128 e. The molecule has 0 saturated heterocycles. The molecule has 0 radical (unpaired) electrons. The molecule has 2 heterocycles. The number of benzene rings is 1. The van der Waals surface area contributed by atoms with Gasteiger partial charge in [0.25, 0.3) is 0 Å². The zero-order valence-corrected chi connectivity index (χ0v) is 15.8. The molecule has 0 amide bonds. The molecule has 1 unspecified atom stereocenters. The van der Waals surface area contributed by atoms with Crippen molar-refractivity contribution in [1.29, 1.82) is 0 Å². The number of ether oxygens (including phenoxy) is 1. The summed E-state index contributed by atoms with van der Waals surface area (Å²) in [4.78, 5) is 4.36. The van der Waals surface area contributed by atoms with Gasteiger partial charge in [-0.25, -0.2) is 4.98 Å². The molecule has 0 spiro atoms. The van der Waals surface area contributed by atoms with Gasteiger partial charge in [-0.05, 0) is 57.0 Å². The molecule has 142 valence electrons. The lowest BCUT2D eigenvalue weighted by Gasteiger charge is -2.19. The average molecular weight is 366 g/mol. The van der Waals surface area contributed by atoms with Crippen molar-refractivity contribution >= 4 is 16.7 Å². The van der Waals surface area contributed by atoms with E-state index in [9.17, 15) is 5.11 Å². The highest BCUT2D eigenvalue weighted by Gasteiger charge is 2.23. The van der Waals surface area contributed by atoms with Crippen molar-refractivity contribution in [3.63, 3.8) is 0 Å². The Labute approximate surface area is 159 Å². The smallest absolute Gasteiger partial charge is 0.128 e. The lowest BCUT2D eigenvalue weighted by molar-refractivity contribution is 0.137. The normalized spacial score (nSPS) is 16.1. The van der Waals surface area contributed by atoms with Crippen LogP contribution in [-0.4, -0.2) is 32.6 Å². The number of rotatable bonds is 6. The third-order valence-electron chi connectivity index (χ3n) is 5.08. The highest BCUT2D eigenvalue weighted by molar-refractivity contribution is 5.94. The molecule has 6 heteroatoms. The summed E-state index contributed by atoms with van der Waals surface area (Å²) in [7, 11) is 0. The van der Waals surface area contributed by atoms with Crippen LogP contribution in [0, 0.1) is 5.92 Å². The van der Waals surface area contributed by atoms with Crippen molar-refractivity contribution in [2.45, 2.75) is 51.9 Å². The minimum Gasteiger partial charge on any atom is -0.491 e. The second-order valence-electron chi connectivity index (χ2n) is 7.51. The summed E-state index contributed by atoms with van der Waals surface area (Å²) in [5.41, 5.74) is 2.75. The summed E-state index contributed by atoms with van der Waals surface area (Å²) in [6.07, 6.45) is 5.82. The molecule has 1 fully saturated rings. The van der Waals surface area contributed by atoms with Crippen LogP contribution in [0.2, 0.25) is 0 Å². The summed E-state index contributed by atoms with van der Waals surface area (Å²) >= 11 is 0. The summed E-state index contributed by atoms with van der Waals surface area (Å²) in [6.45, 7) is 4.02. The Morgan fingerprint density at radius 3 is 2.78 bits per heavy atom. The van der Waals surface area contributed by atoms with Crippen LogP contribution in [0.1, 0.15) is 39.5 Å². The number of fused-ring (bicyclic) bond motifs is 1. The van der Waals surface area contributed by atoms with Crippen LogP contribution in [0.5, 0.6) is 5.75 Å². The Morgan fingerprint density at radius 1 is 1.19 bits per heavy atom. The first-order chi connectivity index (χ1) is 13.1. The molecule has 27 heavy (non-hydrogen) atoms. The van der Waals surface area contributed by atoms with Gasteiger partial charge < -0.3 is 15.2 Å².